The molecule has 0 aromatic rings. The molecule has 0 aliphatic rings. The minimum absolute atomic E-state index is 0.824. The highest BCUT2D eigenvalue weighted by Crippen LogP contribution is 1.91. The smallest absolute Gasteiger partial charge is 0.00767 e. The van der Waals surface area contributed by atoms with Crippen molar-refractivity contribution >= 4 is 0 Å². The van der Waals surface area contributed by atoms with Crippen LogP contribution in [-0.2, 0) is 0 Å². The van der Waals surface area contributed by atoms with Crippen molar-refractivity contribution in [1.29, 1.82) is 0 Å². The molecule has 0 amide bonds. The molecular formula is C12H30N4. The van der Waals surface area contributed by atoms with Crippen molar-refractivity contribution in [3.05, 3.63) is 0 Å². The first-order chi connectivity index (χ1) is 7.91. The maximum absolute atomic E-state index is 5.42. The van der Waals surface area contributed by atoms with Gasteiger partial charge in [-0.25, -0.2) is 0 Å². The fourth-order valence-corrected chi connectivity index (χ4v) is 1.57. The van der Waals surface area contributed by atoms with Crippen molar-refractivity contribution < 1.29 is 0 Å². The van der Waals surface area contributed by atoms with Crippen LogP contribution in [0.1, 0.15) is 38.5 Å². The molecule has 6 N–H and O–H groups in total. The summed E-state index contributed by atoms with van der Waals surface area (Å²) in [5.74, 6) is 0. The minimum atomic E-state index is 0.824. The van der Waals surface area contributed by atoms with E-state index < -0.39 is 0 Å². The molecule has 0 unspecified atom stereocenters. The normalized spacial score (nSPS) is 10.9. The molecule has 0 atom stereocenters. The van der Waals surface area contributed by atoms with Gasteiger partial charge in [-0.15, -0.1) is 0 Å². The van der Waals surface area contributed by atoms with E-state index in [1.54, 1.807) is 0 Å². The van der Waals surface area contributed by atoms with Gasteiger partial charge in [0.2, 0.25) is 0 Å². The first kappa shape index (κ1) is 15.8. The van der Waals surface area contributed by atoms with Crippen LogP contribution < -0.4 is 22.1 Å². The summed E-state index contributed by atoms with van der Waals surface area (Å²) in [4.78, 5) is 0. The molecule has 0 aliphatic heterocycles. The SMILES string of the molecule is NCCCCCNCCNCCCCCN. The first-order valence-corrected chi connectivity index (χ1v) is 6.73. The largest absolute Gasteiger partial charge is 0.330 e. The Morgan fingerprint density at radius 2 is 0.938 bits per heavy atom. The van der Waals surface area contributed by atoms with E-state index in [-0.39, 0.29) is 0 Å². The number of hydrogen-bond donors (Lipinski definition) is 4. The predicted molar refractivity (Wildman–Crippen MR) is 71.6 cm³/mol. The van der Waals surface area contributed by atoms with Gasteiger partial charge in [0.1, 0.15) is 0 Å². The Labute approximate surface area is 101 Å². The first-order valence-electron chi connectivity index (χ1n) is 6.73. The highest BCUT2D eigenvalue weighted by molar-refractivity contribution is 4.54. The third-order valence-electron chi connectivity index (χ3n) is 2.59. The van der Waals surface area contributed by atoms with E-state index in [4.69, 9.17) is 11.5 Å². The molecule has 0 saturated heterocycles. The van der Waals surface area contributed by atoms with Gasteiger partial charge in [-0.3, -0.25) is 0 Å². The zero-order valence-electron chi connectivity index (χ0n) is 10.6. The average molecular weight is 230 g/mol. The van der Waals surface area contributed by atoms with E-state index in [0.29, 0.717) is 0 Å². The van der Waals surface area contributed by atoms with Gasteiger partial charge in [-0.1, -0.05) is 12.8 Å². The van der Waals surface area contributed by atoms with Gasteiger partial charge in [0, 0.05) is 13.1 Å². The topological polar surface area (TPSA) is 76.1 Å². The summed E-state index contributed by atoms with van der Waals surface area (Å²) in [6.45, 7) is 6.03. The zero-order chi connectivity index (χ0) is 11.9. The van der Waals surface area contributed by atoms with E-state index in [1.807, 2.05) is 0 Å². The maximum atomic E-state index is 5.42. The van der Waals surface area contributed by atoms with Gasteiger partial charge < -0.3 is 22.1 Å². The van der Waals surface area contributed by atoms with Crippen molar-refractivity contribution in [3.63, 3.8) is 0 Å². The standard InChI is InChI=1S/C12H30N4/c13-7-3-1-5-9-15-11-12-16-10-6-2-4-8-14/h15-16H,1-14H2. The lowest BCUT2D eigenvalue weighted by molar-refractivity contribution is 0.560. The second-order valence-electron chi connectivity index (χ2n) is 4.20. The average Bonchev–Trinajstić information content (AvgIpc) is 2.31. The fourth-order valence-electron chi connectivity index (χ4n) is 1.57. The third-order valence-corrected chi connectivity index (χ3v) is 2.59. The van der Waals surface area contributed by atoms with Crippen LogP contribution in [-0.4, -0.2) is 39.3 Å². The van der Waals surface area contributed by atoms with Crippen molar-refractivity contribution in [2.75, 3.05) is 39.3 Å². The minimum Gasteiger partial charge on any atom is -0.330 e. The Kier molecular flexibility index (Phi) is 14.7. The van der Waals surface area contributed by atoms with Gasteiger partial charge in [0.15, 0.2) is 0 Å². The molecule has 0 spiro atoms. The molecular weight excluding hydrogens is 200 g/mol. The highest BCUT2D eigenvalue weighted by Gasteiger charge is 1.90. The van der Waals surface area contributed by atoms with Crippen LogP contribution in [0.2, 0.25) is 0 Å². The van der Waals surface area contributed by atoms with Crippen LogP contribution >= 0.6 is 0 Å². The summed E-state index contributed by atoms with van der Waals surface area (Å²) in [5, 5.41) is 6.85. The van der Waals surface area contributed by atoms with Crippen LogP contribution in [0.5, 0.6) is 0 Å². The second kappa shape index (κ2) is 14.8. The maximum Gasteiger partial charge on any atom is 0.00767 e. The van der Waals surface area contributed by atoms with Crippen LogP contribution in [0.25, 0.3) is 0 Å². The Balaban J connectivity index is 2.83. The van der Waals surface area contributed by atoms with Crippen molar-refractivity contribution in [2.45, 2.75) is 38.5 Å². The number of unbranched alkanes of at least 4 members (excludes halogenated alkanes) is 4. The van der Waals surface area contributed by atoms with E-state index in [2.05, 4.69) is 10.6 Å². The highest BCUT2D eigenvalue weighted by atomic mass is 14.9. The molecule has 0 radical (unpaired) electrons. The molecule has 0 aromatic heterocycles. The predicted octanol–water partition coefficient (Wildman–Crippen LogP) is 0.424. The molecule has 0 fully saturated rings. The number of hydrogen-bond acceptors (Lipinski definition) is 4. The van der Waals surface area contributed by atoms with E-state index in [0.717, 1.165) is 52.1 Å². The van der Waals surface area contributed by atoms with Gasteiger partial charge in [0.25, 0.3) is 0 Å². The summed E-state index contributed by atoms with van der Waals surface area (Å²) in [7, 11) is 0. The molecule has 98 valence electrons. The van der Waals surface area contributed by atoms with Gasteiger partial charge >= 0.3 is 0 Å². The summed E-state index contributed by atoms with van der Waals surface area (Å²) in [5.41, 5.74) is 10.8. The summed E-state index contributed by atoms with van der Waals surface area (Å²) >= 11 is 0. The lowest BCUT2D eigenvalue weighted by Crippen LogP contribution is -2.28. The Bertz CT molecular complexity index is 106. The molecule has 0 rings (SSSR count). The van der Waals surface area contributed by atoms with E-state index in [9.17, 15) is 0 Å². The van der Waals surface area contributed by atoms with Crippen molar-refractivity contribution in [2.24, 2.45) is 11.5 Å². The van der Waals surface area contributed by atoms with Crippen LogP contribution in [0, 0.1) is 0 Å². The van der Waals surface area contributed by atoms with Gasteiger partial charge in [-0.2, -0.15) is 0 Å². The van der Waals surface area contributed by atoms with E-state index >= 15 is 0 Å². The Hall–Kier alpha value is -0.160. The lowest BCUT2D eigenvalue weighted by atomic mass is 10.2. The monoisotopic (exact) mass is 230 g/mol. The van der Waals surface area contributed by atoms with Crippen LogP contribution in [0.3, 0.4) is 0 Å². The zero-order valence-corrected chi connectivity index (χ0v) is 10.6. The second-order valence-corrected chi connectivity index (χ2v) is 4.20. The number of nitrogens with two attached hydrogens (primary N) is 2. The summed E-state index contributed by atoms with van der Waals surface area (Å²) < 4.78 is 0. The lowest BCUT2D eigenvalue weighted by Gasteiger charge is -2.06. The Morgan fingerprint density at radius 1 is 0.500 bits per heavy atom. The van der Waals surface area contributed by atoms with Gasteiger partial charge in [-0.05, 0) is 51.9 Å². The number of rotatable bonds is 13. The molecule has 4 nitrogen and oxygen atoms in total. The molecule has 0 saturated carbocycles. The molecule has 0 bridgehead atoms. The van der Waals surface area contributed by atoms with Crippen LogP contribution in [0.15, 0.2) is 0 Å². The Morgan fingerprint density at radius 3 is 1.31 bits per heavy atom. The molecule has 16 heavy (non-hydrogen) atoms. The molecule has 4 heteroatoms. The summed E-state index contributed by atoms with van der Waals surface area (Å²) in [6, 6.07) is 0. The molecule has 0 aliphatic carbocycles. The molecule has 0 heterocycles. The van der Waals surface area contributed by atoms with E-state index in [1.165, 1.54) is 25.7 Å². The quantitative estimate of drug-likeness (QED) is 0.346. The third kappa shape index (κ3) is 13.8. The van der Waals surface area contributed by atoms with Gasteiger partial charge in [0.05, 0.1) is 0 Å². The number of nitrogens with one attached hydrogen (secondary N) is 2. The van der Waals surface area contributed by atoms with Crippen molar-refractivity contribution in [3.8, 4) is 0 Å². The van der Waals surface area contributed by atoms with Crippen LogP contribution in [0.4, 0.5) is 0 Å². The molecule has 0 aromatic carbocycles. The summed E-state index contributed by atoms with van der Waals surface area (Å²) in [6.07, 6.45) is 7.29. The fraction of sp³-hybridized carbons (Fsp3) is 1.00. The van der Waals surface area contributed by atoms with Crippen molar-refractivity contribution in [1.82, 2.24) is 10.6 Å².